The van der Waals surface area contributed by atoms with E-state index in [-0.39, 0.29) is 11.9 Å². The highest BCUT2D eigenvalue weighted by molar-refractivity contribution is 6.42. The summed E-state index contributed by atoms with van der Waals surface area (Å²) in [6.45, 7) is 1.87. The van der Waals surface area contributed by atoms with Crippen LogP contribution in [0.15, 0.2) is 48.5 Å². The molecule has 3 N–H and O–H groups in total. The van der Waals surface area contributed by atoms with Crippen LogP contribution in [-0.2, 0) is 4.79 Å². The van der Waals surface area contributed by atoms with Gasteiger partial charge in [-0.25, -0.2) is 0 Å². The van der Waals surface area contributed by atoms with Crippen LogP contribution in [0.5, 0.6) is 0 Å². The topological polar surface area (TPSA) is 55.1 Å². The zero-order chi connectivity index (χ0) is 15.4. The number of hydrogen-bond donors (Lipinski definition) is 2. The Balaban J connectivity index is 2.06. The second-order valence-electron chi connectivity index (χ2n) is 4.79. The first-order valence-corrected chi connectivity index (χ1v) is 7.30. The van der Waals surface area contributed by atoms with Crippen LogP contribution in [0.4, 0.5) is 0 Å². The highest BCUT2D eigenvalue weighted by Gasteiger charge is 2.18. The van der Waals surface area contributed by atoms with E-state index in [1.807, 2.05) is 43.3 Å². The molecule has 0 spiro atoms. The molecule has 0 saturated heterocycles. The Labute approximate surface area is 134 Å². The van der Waals surface area contributed by atoms with Crippen molar-refractivity contribution in [2.24, 2.45) is 5.73 Å². The molecule has 2 aromatic rings. The zero-order valence-corrected chi connectivity index (χ0v) is 13.0. The predicted molar refractivity (Wildman–Crippen MR) is 86.4 cm³/mol. The molecule has 1 amide bonds. The molecule has 3 nitrogen and oxygen atoms in total. The summed E-state index contributed by atoms with van der Waals surface area (Å²) >= 11 is 11.9. The quantitative estimate of drug-likeness (QED) is 0.897. The van der Waals surface area contributed by atoms with Crippen molar-refractivity contribution in [3.8, 4) is 0 Å². The lowest BCUT2D eigenvalue weighted by Gasteiger charge is -2.18. The molecular weight excluding hydrogens is 307 g/mol. The summed E-state index contributed by atoms with van der Waals surface area (Å²) < 4.78 is 0. The summed E-state index contributed by atoms with van der Waals surface area (Å²) in [5.41, 5.74) is 7.61. The third-order valence-electron chi connectivity index (χ3n) is 3.24. The number of nitrogens with two attached hydrogens (primary N) is 1. The molecule has 21 heavy (non-hydrogen) atoms. The van der Waals surface area contributed by atoms with Gasteiger partial charge in [0.25, 0.3) is 0 Å². The monoisotopic (exact) mass is 322 g/mol. The number of halogens is 2. The fraction of sp³-hybridized carbons (Fsp3) is 0.188. The van der Waals surface area contributed by atoms with Crippen LogP contribution < -0.4 is 11.1 Å². The van der Waals surface area contributed by atoms with Gasteiger partial charge in [0.05, 0.1) is 16.1 Å². The van der Waals surface area contributed by atoms with Gasteiger partial charge in [-0.2, -0.15) is 0 Å². The first kappa shape index (κ1) is 15.8. The number of carbonyl (C=O) groups is 1. The van der Waals surface area contributed by atoms with Gasteiger partial charge in [0.15, 0.2) is 0 Å². The van der Waals surface area contributed by atoms with Crippen molar-refractivity contribution in [1.29, 1.82) is 0 Å². The Morgan fingerprint density at radius 1 is 1.05 bits per heavy atom. The van der Waals surface area contributed by atoms with Gasteiger partial charge in [-0.05, 0) is 30.2 Å². The molecule has 0 aromatic heterocycles. The van der Waals surface area contributed by atoms with Crippen molar-refractivity contribution in [3.05, 3.63) is 69.7 Å². The average molecular weight is 323 g/mol. The number of amides is 1. The van der Waals surface area contributed by atoms with Gasteiger partial charge in [0.1, 0.15) is 6.04 Å². The third-order valence-corrected chi connectivity index (χ3v) is 3.98. The second kappa shape index (κ2) is 6.94. The minimum Gasteiger partial charge on any atom is -0.348 e. The molecule has 0 aliphatic heterocycles. The fourth-order valence-corrected chi connectivity index (χ4v) is 2.29. The van der Waals surface area contributed by atoms with E-state index < -0.39 is 6.04 Å². The maximum absolute atomic E-state index is 12.2. The van der Waals surface area contributed by atoms with Crippen LogP contribution in [0.25, 0.3) is 0 Å². The van der Waals surface area contributed by atoms with Crippen LogP contribution in [0.3, 0.4) is 0 Å². The highest BCUT2D eigenvalue weighted by Crippen LogP contribution is 2.25. The molecule has 0 radical (unpaired) electrons. The summed E-state index contributed by atoms with van der Waals surface area (Å²) in [6, 6.07) is 13.6. The van der Waals surface area contributed by atoms with Crippen molar-refractivity contribution < 1.29 is 4.79 Å². The van der Waals surface area contributed by atoms with Crippen molar-refractivity contribution in [3.63, 3.8) is 0 Å². The molecule has 0 aliphatic carbocycles. The number of benzene rings is 2. The van der Waals surface area contributed by atoms with E-state index >= 15 is 0 Å². The van der Waals surface area contributed by atoms with Crippen molar-refractivity contribution >= 4 is 29.1 Å². The minimum atomic E-state index is -0.698. The molecular formula is C16H16Cl2N2O. The molecule has 110 valence electrons. The first-order valence-electron chi connectivity index (χ1n) is 6.55. The summed E-state index contributed by atoms with van der Waals surface area (Å²) in [4.78, 5) is 12.2. The van der Waals surface area contributed by atoms with E-state index in [0.29, 0.717) is 10.0 Å². The predicted octanol–water partition coefficient (Wildman–Crippen LogP) is 3.87. The van der Waals surface area contributed by atoms with Crippen LogP contribution in [-0.4, -0.2) is 5.91 Å². The lowest BCUT2D eigenvalue weighted by Crippen LogP contribution is -2.35. The van der Waals surface area contributed by atoms with Gasteiger partial charge in [-0.3, -0.25) is 4.79 Å². The molecule has 0 saturated carbocycles. The second-order valence-corrected chi connectivity index (χ2v) is 5.61. The van der Waals surface area contributed by atoms with Gasteiger partial charge < -0.3 is 11.1 Å². The summed E-state index contributed by atoms with van der Waals surface area (Å²) in [7, 11) is 0. The van der Waals surface area contributed by atoms with Crippen molar-refractivity contribution in [1.82, 2.24) is 5.32 Å². The van der Waals surface area contributed by atoms with Crippen molar-refractivity contribution in [2.75, 3.05) is 0 Å². The van der Waals surface area contributed by atoms with E-state index in [1.54, 1.807) is 12.1 Å². The summed E-state index contributed by atoms with van der Waals surface area (Å²) in [6.07, 6.45) is 0. The molecule has 0 aliphatic rings. The minimum absolute atomic E-state index is 0.206. The smallest absolute Gasteiger partial charge is 0.241 e. The highest BCUT2D eigenvalue weighted by atomic mass is 35.5. The van der Waals surface area contributed by atoms with Gasteiger partial charge in [0, 0.05) is 0 Å². The first-order chi connectivity index (χ1) is 9.99. The molecule has 2 atom stereocenters. The standard InChI is InChI=1S/C16H16Cl2N2O/c1-10(12-7-8-13(17)14(18)9-12)20-16(21)15(19)11-5-3-2-4-6-11/h2-10,15H,19H2,1H3,(H,20,21)/t10?,15-/m1/s1. The van der Waals surface area contributed by atoms with E-state index in [9.17, 15) is 4.79 Å². The lowest BCUT2D eigenvalue weighted by molar-refractivity contribution is -0.123. The normalized spacial score (nSPS) is 13.5. The lowest BCUT2D eigenvalue weighted by atomic mass is 10.1. The maximum atomic E-state index is 12.2. The molecule has 0 heterocycles. The van der Waals surface area contributed by atoms with Crippen molar-refractivity contribution in [2.45, 2.75) is 19.0 Å². The molecule has 0 fully saturated rings. The number of carbonyl (C=O) groups excluding carboxylic acids is 1. The number of hydrogen-bond acceptors (Lipinski definition) is 2. The molecule has 1 unspecified atom stereocenters. The third kappa shape index (κ3) is 3.97. The van der Waals surface area contributed by atoms with E-state index in [0.717, 1.165) is 11.1 Å². The molecule has 2 rings (SSSR count). The largest absolute Gasteiger partial charge is 0.348 e. The Morgan fingerprint density at radius 2 is 1.71 bits per heavy atom. The Hall–Kier alpha value is -1.55. The molecule has 2 aromatic carbocycles. The Bertz CT molecular complexity index is 631. The van der Waals surface area contributed by atoms with Gasteiger partial charge >= 0.3 is 0 Å². The van der Waals surface area contributed by atoms with Crippen LogP contribution in [0.1, 0.15) is 30.1 Å². The van der Waals surface area contributed by atoms with E-state index in [1.165, 1.54) is 0 Å². The van der Waals surface area contributed by atoms with Crippen LogP contribution in [0.2, 0.25) is 10.0 Å². The summed E-state index contributed by atoms with van der Waals surface area (Å²) in [5, 5.41) is 3.82. The zero-order valence-electron chi connectivity index (χ0n) is 11.5. The van der Waals surface area contributed by atoms with Crippen LogP contribution in [0, 0.1) is 0 Å². The Kier molecular flexibility index (Phi) is 5.23. The number of nitrogens with one attached hydrogen (secondary N) is 1. The van der Waals surface area contributed by atoms with Gasteiger partial charge in [-0.1, -0.05) is 59.6 Å². The van der Waals surface area contributed by atoms with E-state index in [2.05, 4.69) is 5.32 Å². The Morgan fingerprint density at radius 3 is 2.33 bits per heavy atom. The molecule has 0 bridgehead atoms. The maximum Gasteiger partial charge on any atom is 0.241 e. The number of rotatable bonds is 4. The molecule has 5 heteroatoms. The van der Waals surface area contributed by atoms with Crippen LogP contribution >= 0.6 is 23.2 Å². The van der Waals surface area contributed by atoms with E-state index in [4.69, 9.17) is 28.9 Å². The van der Waals surface area contributed by atoms with Gasteiger partial charge in [-0.15, -0.1) is 0 Å². The average Bonchev–Trinajstić information content (AvgIpc) is 2.50. The SMILES string of the molecule is CC(NC(=O)[C@H](N)c1ccccc1)c1ccc(Cl)c(Cl)c1. The fourth-order valence-electron chi connectivity index (χ4n) is 1.98. The van der Waals surface area contributed by atoms with Gasteiger partial charge in [0.2, 0.25) is 5.91 Å². The summed E-state index contributed by atoms with van der Waals surface area (Å²) in [5.74, 6) is -0.236.